The van der Waals surface area contributed by atoms with E-state index in [0.717, 1.165) is 10.8 Å². The van der Waals surface area contributed by atoms with Crippen LogP contribution in [0.2, 0.25) is 5.02 Å². The van der Waals surface area contributed by atoms with Crippen molar-refractivity contribution < 1.29 is 8.76 Å². The van der Waals surface area contributed by atoms with Gasteiger partial charge in [-0.2, -0.15) is 0 Å². The van der Waals surface area contributed by atoms with Crippen molar-refractivity contribution in [2.24, 2.45) is 0 Å². The summed E-state index contributed by atoms with van der Waals surface area (Å²) in [6, 6.07) is 10.6. The van der Waals surface area contributed by atoms with E-state index in [-0.39, 0.29) is 9.92 Å². The standard InChI is InChI=1S/C10H7ClO2S/c11-10-8-4-2-1-3-7(8)5-6-9(10)14(12)13/h1-6H,(H,12,13)/p-1. The fraction of sp³-hybridized carbons (Fsp3) is 0. The van der Waals surface area contributed by atoms with Gasteiger partial charge in [-0.25, -0.2) is 0 Å². The van der Waals surface area contributed by atoms with Crippen molar-refractivity contribution in [2.75, 3.05) is 0 Å². The van der Waals surface area contributed by atoms with Crippen molar-refractivity contribution in [1.82, 2.24) is 0 Å². The van der Waals surface area contributed by atoms with Crippen molar-refractivity contribution in [3.05, 3.63) is 41.4 Å². The summed E-state index contributed by atoms with van der Waals surface area (Å²) in [4.78, 5) is 0.144. The first-order valence-corrected chi connectivity index (χ1v) is 5.42. The van der Waals surface area contributed by atoms with Crippen molar-refractivity contribution in [3.63, 3.8) is 0 Å². The Morgan fingerprint density at radius 3 is 2.57 bits per heavy atom. The summed E-state index contributed by atoms with van der Waals surface area (Å²) in [5.41, 5.74) is 0. The SMILES string of the molecule is O=S([O-])c1ccc2ccccc2c1Cl. The lowest BCUT2D eigenvalue weighted by molar-refractivity contribution is 0.537. The number of benzene rings is 2. The predicted octanol–water partition coefficient (Wildman–Crippen LogP) is 2.73. The smallest absolute Gasteiger partial charge is 0.0634 e. The highest BCUT2D eigenvalue weighted by atomic mass is 35.5. The molecule has 0 saturated carbocycles. The van der Waals surface area contributed by atoms with Crippen LogP contribution in [0, 0.1) is 0 Å². The third kappa shape index (κ3) is 1.54. The number of hydrogen-bond donors (Lipinski definition) is 0. The van der Waals surface area contributed by atoms with Gasteiger partial charge in [0.25, 0.3) is 0 Å². The molecular weight excluding hydrogens is 220 g/mol. The van der Waals surface area contributed by atoms with E-state index in [0.29, 0.717) is 0 Å². The Bertz CT molecular complexity index is 510. The molecule has 2 rings (SSSR count). The summed E-state index contributed by atoms with van der Waals surface area (Å²) in [5.74, 6) is 0. The molecule has 72 valence electrons. The highest BCUT2D eigenvalue weighted by molar-refractivity contribution is 7.79. The molecule has 0 aliphatic carbocycles. The molecule has 1 atom stereocenters. The maximum atomic E-state index is 10.8. The summed E-state index contributed by atoms with van der Waals surface area (Å²) in [7, 11) is 0. The van der Waals surface area contributed by atoms with Crippen LogP contribution in [0.15, 0.2) is 41.3 Å². The van der Waals surface area contributed by atoms with Gasteiger partial charge in [-0.1, -0.05) is 41.9 Å². The molecule has 2 nitrogen and oxygen atoms in total. The third-order valence-electron chi connectivity index (χ3n) is 2.01. The zero-order valence-electron chi connectivity index (χ0n) is 7.07. The minimum absolute atomic E-state index is 0.144. The second kappa shape index (κ2) is 3.69. The van der Waals surface area contributed by atoms with Crippen LogP contribution in [-0.2, 0) is 11.1 Å². The summed E-state index contributed by atoms with van der Waals surface area (Å²) in [6.45, 7) is 0. The minimum atomic E-state index is -2.28. The van der Waals surface area contributed by atoms with Crippen LogP contribution < -0.4 is 0 Å². The molecule has 0 aromatic heterocycles. The Labute approximate surface area is 88.8 Å². The van der Waals surface area contributed by atoms with Gasteiger partial charge in [0.1, 0.15) is 0 Å². The second-order valence-corrected chi connectivity index (χ2v) is 4.12. The van der Waals surface area contributed by atoms with E-state index in [1.807, 2.05) is 18.2 Å². The van der Waals surface area contributed by atoms with Gasteiger partial charge in [0, 0.05) is 10.3 Å². The maximum Gasteiger partial charge on any atom is 0.0634 e. The van der Waals surface area contributed by atoms with Crippen LogP contribution in [0.25, 0.3) is 10.8 Å². The average molecular weight is 226 g/mol. The van der Waals surface area contributed by atoms with Crippen LogP contribution in [0.1, 0.15) is 0 Å². The molecule has 0 fully saturated rings. The predicted molar refractivity (Wildman–Crippen MR) is 56.1 cm³/mol. The van der Waals surface area contributed by atoms with E-state index < -0.39 is 11.1 Å². The average Bonchev–Trinajstić information content (AvgIpc) is 2.18. The van der Waals surface area contributed by atoms with Crippen LogP contribution in [0.5, 0.6) is 0 Å². The molecule has 0 saturated heterocycles. The molecule has 0 N–H and O–H groups in total. The first-order valence-electron chi connectivity index (χ1n) is 3.96. The highest BCUT2D eigenvalue weighted by Gasteiger charge is 2.04. The van der Waals surface area contributed by atoms with E-state index in [9.17, 15) is 8.76 Å². The van der Waals surface area contributed by atoms with Gasteiger partial charge in [-0.05, 0) is 22.5 Å². The molecule has 1 unspecified atom stereocenters. The molecule has 2 aromatic rings. The van der Waals surface area contributed by atoms with E-state index >= 15 is 0 Å². The van der Waals surface area contributed by atoms with E-state index in [1.54, 1.807) is 12.1 Å². The Morgan fingerprint density at radius 1 is 1.14 bits per heavy atom. The first-order chi connectivity index (χ1) is 6.70. The zero-order chi connectivity index (χ0) is 10.1. The van der Waals surface area contributed by atoms with Gasteiger partial charge in [0.15, 0.2) is 0 Å². The monoisotopic (exact) mass is 225 g/mol. The van der Waals surface area contributed by atoms with Crippen molar-refractivity contribution in [2.45, 2.75) is 4.90 Å². The lowest BCUT2D eigenvalue weighted by Crippen LogP contribution is -1.90. The van der Waals surface area contributed by atoms with E-state index in [2.05, 4.69) is 0 Å². The zero-order valence-corrected chi connectivity index (χ0v) is 8.64. The second-order valence-electron chi connectivity index (χ2n) is 2.83. The largest absolute Gasteiger partial charge is 0.768 e. The van der Waals surface area contributed by atoms with Crippen LogP contribution in [-0.4, -0.2) is 8.76 Å². The topological polar surface area (TPSA) is 40.1 Å². The van der Waals surface area contributed by atoms with Crippen LogP contribution in [0.4, 0.5) is 0 Å². The fourth-order valence-electron chi connectivity index (χ4n) is 1.34. The third-order valence-corrected chi connectivity index (χ3v) is 3.23. The van der Waals surface area contributed by atoms with Crippen LogP contribution in [0.3, 0.4) is 0 Å². The molecule has 4 heteroatoms. The van der Waals surface area contributed by atoms with Gasteiger partial charge >= 0.3 is 0 Å². The Kier molecular flexibility index (Phi) is 2.54. The molecule has 0 heterocycles. The molecule has 2 aromatic carbocycles. The number of fused-ring (bicyclic) bond motifs is 1. The molecule has 0 spiro atoms. The minimum Gasteiger partial charge on any atom is -0.768 e. The summed E-state index contributed by atoms with van der Waals surface area (Å²) in [6.07, 6.45) is 0. The number of halogens is 1. The maximum absolute atomic E-state index is 10.8. The first kappa shape index (κ1) is 9.65. The summed E-state index contributed by atoms with van der Waals surface area (Å²) >= 11 is 3.67. The highest BCUT2D eigenvalue weighted by Crippen LogP contribution is 2.28. The molecule has 0 radical (unpaired) electrons. The summed E-state index contributed by atoms with van der Waals surface area (Å²) in [5, 5.41) is 1.99. The van der Waals surface area contributed by atoms with E-state index in [4.69, 9.17) is 11.6 Å². The Hall–Kier alpha value is -0.900. The lowest BCUT2D eigenvalue weighted by Gasteiger charge is -2.09. The van der Waals surface area contributed by atoms with Gasteiger partial charge in [-0.15, -0.1) is 0 Å². The number of rotatable bonds is 1. The van der Waals surface area contributed by atoms with Crippen molar-refractivity contribution in [1.29, 1.82) is 0 Å². The molecule has 0 aliphatic rings. The fourth-order valence-corrected chi connectivity index (χ4v) is 2.20. The lowest BCUT2D eigenvalue weighted by atomic mass is 10.1. The Balaban J connectivity index is 2.81. The van der Waals surface area contributed by atoms with Gasteiger partial charge in [0.05, 0.1) is 5.02 Å². The molecule has 0 bridgehead atoms. The normalized spacial score (nSPS) is 13.0. The van der Waals surface area contributed by atoms with Gasteiger partial charge in [0.2, 0.25) is 0 Å². The molecule has 0 amide bonds. The molecule has 0 aliphatic heterocycles. The van der Waals surface area contributed by atoms with E-state index in [1.165, 1.54) is 6.07 Å². The van der Waals surface area contributed by atoms with Crippen LogP contribution >= 0.6 is 11.6 Å². The summed E-state index contributed by atoms with van der Waals surface area (Å²) < 4.78 is 21.6. The van der Waals surface area contributed by atoms with Gasteiger partial charge in [-0.3, -0.25) is 4.21 Å². The molecular formula is C10H6ClO2S-. The Morgan fingerprint density at radius 2 is 1.86 bits per heavy atom. The van der Waals surface area contributed by atoms with Crippen molar-refractivity contribution >= 4 is 33.5 Å². The van der Waals surface area contributed by atoms with Gasteiger partial charge < -0.3 is 4.55 Å². The molecule has 14 heavy (non-hydrogen) atoms. The quantitative estimate of drug-likeness (QED) is 0.701. The number of hydrogen-bond acceptors (Lipinski definition) is 2. The van der Waals surface area contributed by atoms with Crippen molar-refractivity contribution in [3.8, 4) is 0 Å².